The maximum absolute atomic E-state index is 12.1. The van der Waals surface area contributed by atoms with Crippen LogP contribution in [0, 0.1) is 0 Å². The SMILES string of the molecule is O=C(Cl)c1ncc(C(F)(F)F)cc1Br. The van der Waals surface area contributed by atoms with E-state index in [1.807, 2.05) is 0 Å². The fourth-order valence-electron chi connectivity index (χ4n) is 0.738. The van der Waals surface area contributed by atoms with Crippen molar-refractivity contribution in [2.45, 2.75) is 6.18 Å². The lowest BCUT2D eigenvalue weighted by atomic mass is 10.2. The van der Waals surface area contributed by atoms with Crippen molar-refractivity contribution in [1.29, 1.82) is 0 Å². The third-order valence-corrected chi connectivity index (χ3v) is 2.14. The Kier molecular flexibility index (Phi) is 3.16. The van der Waals surface area contributed by atoms with Crippen LogP contribution in [0.5, 0.6) is 0 Å². The molecule has 0 aliphatic rings. The summed E-state index contributed by atoms with van der Waals surface area (Å²) in [5.74, 6) is 0. The monoisotopic (exact) mass is 287 g/mol. The molecule has 0 amide bonds. The van der Waals surface area contributed by atoms with Crippen LogP contribution in [0.15, 0.2) is 16.7 Å². The smallest absolute Gasteiger partial charge is 0.274 e. The van der Waals surface area contributed by atoms with Crippen LogP contribution in [0.3, 0.4) is 0 Å². The average molecular weight is 288 g/mol. The first-order valence-corrected chi connectivity index (χ1v) is 4.42. The summed E-state index contributed by atoms with van der Waals surface area (Å²) in [4.78, 5) is 13.9. The molecule has 2 nitrogen and oxygen atoms in total. The quantitative estimate of drug-likeness (QED) is 0.743. The normalized spacial score (nSPS) is 11.5. The van der Waals surface area contributed by atoms with Gasteiger partial charge in [-0.3, -0.25) is 4.79 Å². The van der Waals surface area contributed by atoms with Crippen LogP contribution < -0.4 is 0 Å². The van der Waals surface area contributed by atoms with Crippen molar-refractivity contribution < 1.29 is 18.0 Å². The first kappa shape index (κ1) is 11.5. The van der Waals surface area contributed by atoms with E-state index >= 15 is 0 Å². The van der Waals surface area contributed by atoms with Crippen LogP contribution in [0.25, 0.3) is 0 Å². The standard InChI is InChI=1S/C7H2BrClF3NO/c8-4-1-3(7(10,11)12)2-13-5(4)6(9)14/h1-2H. The minimum atomic E-state index is -4.48. The number of hydrogen-bond acceptors (Lipinski definition) is 2. The number of carbonyl (C=O) groups excluding carboxylic acids is 1. The number of nitrogens with zero attached hydrogens (tertiary/aromatic N) is 1. The van der Waals surface area contributed by atoms with E-state index in [1.54, 1.807) is 0 Å². The summed E-state index contributed by atoms with van der Waals surface area (Å²) >= 11 is 7.83. The molecule has 0 saturated carbocycles. The number of halogens is 5. The van der Waals surface area contributed by atoms with Gasteiger partial charge in [0.2, 0.25) is 0 Å². The van der Waals surface area contributed by atoms with Gasteiger partial charge in [0.25, 0.3) is 5.24 Å². The van der Waals surface area contributed by atoms with Crippen LogP contribution in [0.1, 0.15) is 16.1 Å². The summed E-state index contributed by atoms with van der Waals surface area (Å²) in [6.45, 7) is 0. The lowest BCUT2D eigenvalue weighted by Crippen LogP contribution is -2.07. The van der Waals surface area contributed by atoms with Crippen LogP contribution in [-0.4, -0.2) is 10.2 Å². The number of carbonyl (C=O) groups is 1. The highest BCUT2D eigenvalue weighted by Gasteiger charge is 2.31. The van der Waals surface area contributed by atoms with Gasteiger partial charge in [-0.2, -0.15) is 13.2 Å². The minimum Gasteiger partial charge on any atom is -0.274 e. The molecule has 0 aromatic carbocycles. The second-order valence-electron chi connectivity index (χ2n) is 2.33. The van der Waals surface area contributed by atoms with E-state index in [0.29, 0.717) is 6.20 Å². The Morgan fingerprint density at radius 1 is 1.50 bits per heavy atom. The van der Waals surface area contributed by atoms with Gasteiger partial charge in [-0.1, -0.05) is 0 Å². The lowest BCUT2D eigenvalue weighted by Gasteiger charge is -2.06. The largest absolute Gasteiger partial charge is 0.417 e. The van der Waals surface area contributed by atoms with E-state index in [0.717, 1.165) is 6.07 Å². The van der Waals surface area contributed by atoms with Crippen molar-refractivity contribution >= 4 is 32.8 Å². The zero-order valence-electron chi connectivity index (χ0n) is 6.40. The molecule has 0 unspecified atom stereocenters. The van der Waals surface area contributed by atoms with E-state index in [9.17, 15) is 18.0 Å². The summed E-state index contributed by atoms with van der Waals surface area (Å²) in [6.07, 6.45) is -3.93. The highest BCUT2D eigenvalue weighted by Crippen LogP contribution is 2.31. The highest BCUT2D eigenvalue weighted by atomic mass is 79.9. The van der Waals surface area contributed by atoms with Crippen molar-refractivity contribution in [1.82, 2.24) is 4.98 Å². The molecule has 0 saturated heterocycles. The molecule has 0 radical (unpaired) electrons. The topological polar surface area (TPSA) is 30.0 Å². The van der Waals surface area contributed by atoms with E-state index in [-0.39, 0.29) is 10.2 Å². The summed E-state index contributed by atoms with van der Waals surface area (Å²) in [6, 6.07) is 0.753. The van der Waals surface area contributed by atoms with Gasteiger partial charge in [0.15, 0.2) is 0 Å². The zero-order chi connectivity index (χ0) is 10.9. The number of rotatable bonds is 1. The molecule has 14 heavy (non-hydrogen) atoms. The van der Waals surface area contributed by atoms with E-state index in [2.05, 4.69) is 20.9 Å². The molecule has 0 aliphatic heterocycles. The van der Waals surface area contributed by atoms with Crippen molar-refractivity contribution in [2.24, 2.45) is 0 Å². The Labute approximate surface area is 90.2 Å². The summed E-state index contributed by atoms with van der Waals surface area (Å²) in [5.41, 5.74) is -1.18. The molecule has 0 spiro atoms. The van der Waals surface area contributed by atoms with Gasteiger partial charge in [-0.25, -0.2) is 4.98 Å². The van der Waals surface area contributed by atoms with Crippen molar-refractivity contribution in [3.63, 3.8) is 0 Å². The second-order valence-corrected chi connectivity index (χ2v) is 3.52. The van der Waals surface area contributed by atoms with Gasteiger partial charge >= 0.3 is 6.18 Å². The van der Waals surface area contributed by atoms with Crippen LogP contribution >= 0.6 is 27.5 Å². The molecule has 0 aliphatic carbocycles. The van der Waals surface area contributed by atoms with Gasteiger partial charge in [0.1, 0.15) is 5.69 Å². The predicted octanol–water partition coefficient (Wildman–Crippen LogP) is 3.24. The maximum atomic E-state index is 12.1. The molecule has 1 aromatic rings. The fraction of sp³-hybridized carbons (Fsp3) is 0.143. The van der Waals surface area contributed by atoms with Gasteiger partial charge in [-0.15, -0.1) is 0 Å². The summed E-state index contributed by atoms with van der Waals surface area (Å²) in [7, 11) is 0. The Balaban J connectivity index is 3.20. The maximum Gasteiger partial charge on any atom is 0.417 e. The van der Waals surface area contributed by atoms with Crippen molar-refractivity contribution in [3.8, 4) is 0 Å². The Bertz CT molecular complexity index is 380. The van der Waals surface area contributed by atoms with Gasteiger partial charge < -0.3 is 0 Å². The van der Waals surface area contributed by atoms with E-state index in [1.165, 1.54) is 0 Å². The van der Waals surface area contributed by atoms with E-state index in [4.69, 9.17) is 11.6 Å². The third-order valence-electron chi connectivity index (χ3n) is 1.35. The molecule has 0 atom stereocenters. The summed E-state index contributed by atoms with van der Waals surface area (Å²) < 4.78 is 36.3. The first-order valence-electron chi connectivity index (χ1n) is 3.25. The molecule has 0 bridgehead atoms. The zero-order valence-corrected chi connectivity index (χ0v) is 8.74. The van der Waals surface area contributed by atoms with Crippen LogP contribution in [0.2, 0.25) is 0 Å². The summed E-state index contributed by atoms with van der Waals surface area (Å²) in [5, 5.41) is -0.911. The Hall–Kier alpha value is -0.620. The second kappa shape index (κ2) is 3.86. The molecule has 1 aromatic heterocycles. The van der Waals surface area contributed by atoms with Gasteiger partial charge in [0.05, 0.1) is 5.56 Å². The predicted molar refractivity (Wildman–Crippen MR) is 47.1 cm³/mol. The Morgan fingerprint density at radius 3 is 2.43 bits per heavy atom. The van der Waals surface area contributed by atoms with Gasteiger partial charge in [0, 0.05) is 10.7 Å². The molecule has 1 heterocycles. The number of pyridine rings is 1. The molecule has 7 heteroatoms. The minimum absolute atomic E-state index is 0.0766. The van der Waals surface area contributed by atoms with Crippen molar-refractivity contribution in [2.75, 3.05) is 0 Å². The average Bonchev–Trinajstić information content (AvgIpc) is 2.01. The fourth-order valence-corrected chi connectivity index (χ4v) is 1.53. The highest BCUT2D eigenvalue weighted by molar-refractivity contribution is 9.10. The molecular weight excluding hydrogens is 286 g/mol. The third kappa shape index (κ3) is 2.45. The molecule has 0 N–H and O–H groups in total. The number of aromatic nitrogens is 1. The van der Waals surface area contributed by atoms with Gasteiger partial charge in [-0.05, 0) is 33.6 Å². The first-order chi connectivity index (χ1) is 6.32. The van der Waals surface area contributed by atoms with Crippen molar-refractivity contribution in [3.05, 3.63) is 28.0 Å². The Morgan fingerprint density at radius 2 is 2.07 bits per heavy atom. The molecular formula is C7H2BrClF3NO. The van der Waals surface area contributed by atoms with Crippen LogP contribution in [0.4, 0.5) is 13.2 Å². The van der Waals surface area contributed by atoms with E-state index < -0.39 is 17.0 Å². The number of alkyl halides is 3. The molecule has 0 fully saturated rings. The van der Waals surface area contributed by atoms with Crippen LogP contribution in [-0.2, 0) is 6.18 Å². The molecule has 1 rings (SSSR count). The lowest BCUT2D eigenvalue weighted by molar-refractivity contribution is -0.137. The number of hydrogen-bond donors (Lipinski definition) is 0. The molecule has 76 valence electrons.